The summed E-state index contributed by atoms with van der Waals surface area (Å²) in [5, 5.41) is 4.96. The molecule has 3 nitrogen and oxygen atoms in total. The van der Waals surface area contributed by atoms with E-state index in [9.17, 15) is 0 Å². The minimum atomic E-state index is 0.996. The third kappa shape index (κ3) is 3.21. The molecule has 3 aromatic rings. The fraction of sp³-hybridized carbons (Fsp3) is 0.409. The lowest BCUT2D eigenvalue weighted by Crippen LogP contribution is -2.24. The van der Waals surface area contributed by atoms with Gasteiger partial charge < -0.3 is 9.88 Å². The molecule has 25 heavy (non-hydrogen) atoms. The Morgan fingerprint density at radius 1 is 1.16 bits per heavy atom. The number of aromatic nitrogens is 2. The van der Waals surface area contributed by atoms with Crippen LogP contribution in [0.2, 0.25) is 0 Å². The Morgan fingerprint density at radius 3 is 2.88 bits per heavy atom. The molecule has 0 saturated carbocycles. The summed E-state index contributed by atoms with van der Waals surface area (Å²) in [5.74, 6) is 0. The lowest BCUT2D eigenvalue weighted by molar-refractivity contribution is 0.594. The standard InChI is InChI=1S/C22H27N3/c1-3-4-18-7-6-17(14-24-18)10-12-25-21-8-5-16(2)13-19(21)20-15-23-11-9-22(20)25/h5-8,13-14,23H,3-4,9-12,15H2,1-2H3. The maximum Gasteiger partial charge on any atom is 0.0486 e. The lowest BCUT2D eigenvalue weighted by atomic mass is 10.0. The van der Waals surface area contributed by atoms with Crippen molar-refractivity contribution in [3.8, 4) is 0 Å². The Hall–Kier alpha value is -2.13. The summed E-state index contributed by atoms with van der Waals surface area (Å²) in [6.45, 7) is 7.49. The van der Waals surface area contributed by atoms with E-state index >= 15 is 0 Å². The number of nitrogens with zero attached hydrogens (tertiary/aromatic N) is 2. The molecular weight excluding hydrogens is 306 g/mol. The van der Waals surface area contributed by atoms with Crippen molar-refractivity contribution < 1.29 is 0 Å². The Bertz CT molecular complexity index is 874. The topological polar surface area (TPSA) is 29.9 Å². The SMILES string of the molecule is CCCc1ccc(CCn2c3c(c4cc(C)ccc42)CNCC3)cn1. The summed E-state index contributed by atoms with van der Waals surface area (Å²) < 4.78 is 2.55. The number of benzene rings is 1. The van der Waals surface area contributed by atoms with Crippen LogP contribution in [0.5, 0.6) is 0 Å². The molecule has 0 radical (unpaired) electrons. The second-order valence-electron chi connectivity index (χ2n) is 7.18. The van der Waals surface area contributed by atoms with Gasteiger partial charge in [0, 0.05) is 54.5 Å². The second-order valence-corrected chi connectivity index (χ2v) is 7.18. The first-order chi connectivity index (χ1) is 12.3. The number of aryl methyl sites for hydroxylation is 4. The van der Waals surface area contributed by atoms with Crippen LogP contribution in [0.15, 0.2) is 36.5 Å². The maximum atomic E-state index is 4.61. The van der Waals surface area contributed by atoms with E-state index in [0.29, 0.717) is 0 Å². The highest BCUT2D eigenvalue weighted by Gasteiger charge is 2.19. The minimum Gasteiger partial charge on any atom is -0.344 e. The van der Waals surface area contributed by atoms with Gasteiger partial charge in [-0.05, 0) is 49.1 Å². The average Bonchev–Trinajstić information content (AvgIpc) is 2.95. The Labute approximate surface area is 150 Å². The van der Waals surface area contributed by atoms with Gasteiger partial charge in [0.15, 0.2) is 0 Å². The predicted molar refractivity (Wildman–Crippen MR) is 104 cm³/mol. The third-order valence-electron chi connectivity index (χ3n) is 5.30. The molecule has 0 fully saturated rings. The lowest BCUT2D eigenvalue weighted by Gasteiger charge is -2.17. The Morgan fingerprint density at radius 2 is 2.08 bits per heavy atom. The highest BCUT2D eigenvalue weighted by Crippen LogP contribution is 2.29. The molecule has 1 aliphatic rings. The smallest absolute Gasteiger partial charge is 0.0486 e. The second kappa shape index (κ2) is 7.01. The molecule has 0 amide bonds. The van der Waals surface area contributed by atoms with Crippen LogP contribution < -0.4 is 5.32 Å². The average molecular weight is 333 g/mol. The molecule has 130 valence electrons. The molecule has 1 N–H and O–H groups in total. The zero-order valence-electron chi connectivity index (χ0n) is 15.3. The summed E-state index contributed by atoms with van der Waals surface area (Å²) in [6, 6.07) is 11.3. The van der Waals surface area contributed by atoms with Crippen molar-refractivity contribution in [2.24, 2.45) is 0 Å². The molecule has 3 heterocycles. The zero-order valence-corrected chi connectivity index (χ0v) is 15.3. The van der Waals surface area contributed by atoms with Gasteiger partial charge in [-0.25, -0.2) is 0 Å². The third-order valence-corrected chi connectivity index (χ3v) is 5.30. The van der Waals surface area contributed by atoms with E-state index in [2.05, 4.69) is 65.2 Å². The van der Waals surface area contributed by atoms with E-state index < -0.39 is 0 Å². The van der Waals surface area contributed by atoms with Crippen LogP contribution in [-0.4, -0.2) is 16.1 Å². The minimum absolute atomic E-state index is 0.996. The Balaban J connectivity index is 1.62. The number of fused-ring (bicyclic) bond motifs is 3. The van der Waals surface area contributed by atoms with Gasteiger partial charge >= 0.3 is 0 Å². The van der Waals surface area contributed by atoms with E-state index in [4.69, 9.17) is 0 Å². The first-order valence-electron chi connectivity index (χ1n) is 9.51. The highest BCUT2D eigenvalue weighted by atomic mass is 15.0. The van der Waals surface area contributed by atoms with Gasteiger partial charge in [-0.15, -0.1) is 0 Å². The normalized spacial score (nSPS) is 14.0. The summed E-state index contributed by atoms with van der Waals surface area (Å²) in [7, 11) is 0. The van der Waals surface area contributed by atoms with Crippen molar-refractivity contribution in [3.05, 3.63) is 64.6 Å². The number of nitrogens with one attached hydrogen (secondary N) is 1. The molecule has 0 bridgehead atoms. The van der Waals surface area contributed by atoms with E-state index in [1.807, 2.05) is 0 Å². The molecule has 0 spiro atoms. The molecule has 3 heteroatoms. The van der Waals surface area contributed by atoms with E-state index in [1.165, 1.54) is 39.0 Å². The van der Waals surface area contributed by atoms with Crippen molar-refractivity contribution in [1.29, 1.82) is 0 Å². The number of hydrogen-bond acceptors (Lipinski definition) is 2. The van der Waals surface area contributed by atoms with Crippen molar-refractivity contribution in [2.45, 2.75) is 52.6 Å². The predicted octanol–water partition coefficient (Wildman–Crippen LogP) is 4.19. The van der Waals surface area contributed by atoms with E-state index in [0.717, 1.165) is 45.3 Å². The fourth-order valence-electron chi connectivity index (χ4n) is 4.00. The van der Waals surface area contributed by atoms with Gasteiger partial charge in [-0.1, -0.05) is 31.0 Å². The maximum absolute atomic E-state index is 4.61. The summed E-state index contributed by atoms with van der Waals surface area (Å²) >= 11 is 0. The number of rotatable bonds is 5. The molecule has 1 aliphatic heterocycles. The molecule has 2 aromatic heterocycles. The van der Waals surface area contributed by atoms with Gasteiger partial charge in [0.1, 0.15) is 0 Å². The first-order valence-corrected chi connectivity index (χ1v) is 9.51. The van der Waals surface area contributed by atoms with Gasteiger partial charge in [0.2, 0.25) is 0 Å². The quantitative estimate of drug-likeness (QED) is 0.759. The molecule has 0 atom stereocenters. The van der Waals surface area contributed by atoms with Crippen LogP contribution in [0.4, 0.5) is 0 Å². The van der Waals surface area contributed by atoms with Crippen LogP contribution in [0.1, 0.15) is 41.4 Å². The van der Waals surface area contributed by atoms with E-state index in [-0.39, 0.29) is 0 Å². The van der Waals surface area contributed by atoms with Crippen molar-refractivity contribution in [1.82, 2.24) is 14.9 Å². The van der Waals surface area contributed by atoms with Crippen molar-refractivity contribution in [3.63, 3.8) is 0 Å². The zero-order chi connectivity index (χ0) is 17.2. The van der Waals surface area contributed by atoms with Crippen LogP contribution >= 0.6 is 0 Å². The van der Waals surface area contributed by atoms with Crippen LogP contribution in [0, 0.1) is 6.92 Å². The molecule has 1 aromatic carbocycles. The van der Waals surface area contributed by atoms with Gasteiger partial charge in [0.25, 0.3) is 0 Å². The molecule has 0 aliphatic carbocycles. The van der Waals surface area contributed by atoms with Crippen LogP contribution in [0.3, 0.4) is 0 Å². The van der Waals surface area contributed by atoms with Crippen molar-refractivity contribution >= 4 is 10.9 Å². The highest BCUT2D eigenvalue weighted by molar-refractivity contribution is 5.86. The molecule has 0 saturated heterocycles. The van der Waals surface area contributed by atoms with Gasteiger partial charge in [-0.3, -0.25) is 4.98 Å². The molecule has 0 unspecified atom stereocenters. The van der Waals surface area contributed by atoms with Crippen LogP contribution in [0.25, 0.3) is 10.9 Å². The Kier molecular flexibility index (Phi) is 4.58. The molecule has 4 rings (SSSR count). The van der Waals surface area contributed by atoms with Gasteiger partial charge in [0.05, 0.1) is 0 Å². The summed E-state index contributed by atoms with van der Waals surface area (Å²) in [6.07, 6.45) is 6.45. The van der Waals surface area contributed by atoms with E-state index in [1.54, 1.807) is 0 Å². The monoisotopic (exact) mass is 333 g/mol. The van der Waals surface area contributed by atoms with Crippen molar-refractivity contribution in [2.75, 3.05) is 6.54 Å². The fourth-order valence-corrected chi connectivity index (χ4v) is 4.00. The largest absolute Gasteiger partial charge is 0.344 e. The van der Waals surface area contributed by atoms with Gasteiger partial charge in [-0.2, -0.15) is 0 Å². The summed E-state index contributed by atoms with van der Waals surface area (Å²) in [4.78, 5) is 4.61. The first kappa shape index (κ1) is 16.3. The molecular formula is C22H27N3. The van der Waals surface area contributed by atoms with Crippen LogP contribution in [-0.2, 0) is 32.4 Å². The number of hydrogen-bond donors (Lipinski definition) is 1. The number of pyridine rings is 1. The summed E-state index contributed by atoms with van der Waals surface area (Å²) in [5.41, 5.74) is 8.29.